The van der Waals surface area contributed by atoms with E-state index in [-0.39, 0.29) is 6.04 Å². The maximum Gasteiger partial charge on any atom is 0.401 e. The molecule has 13 heavy (non-hydrogen) atoms. The Hall–Kier alpha value is -0.620. The van der Waals surface area contributed by atoms with Crippen LogP contribution in [0.3, 0.4) is 0 Å². The SMILES string of the molecule is CC(NCC(F)(F)F)c1cscn1. The molecule has 0 fully saturated rings. The molecule has 0 saturated carbocycles. The Morgan fingerprint density at radius 1 is 1.62 bits per heavy atom. The Kier molecular flexibility index (Phi) is 3.27. The molecule has 2 nitrogen and oxygen atoms in total. The van der Waals surface area contributed by atoms with E-state index in [1.54, 1.807) is 17.8 Å². The molecule has 74 valence electrons. The monoisotopic (exact) mass is 210 g/mol. The molecule has 1 aromatic heterocycles. The predicted molar refractivity (Wildman–Crippen MR) is 44.6 cm³/mol. The molecule has 6 heteroatoms. The van der Waals surface area contributed by atoms with E-state index >= 15 is 0 Å². The molecular weight excluding hydrogens is 201 g/mol. The van der Waals surface area contributed by atoms with Gasteiger partial charge in [-0.05, 0) is 6.92 Å². The number of thiazole rings is 1. The summed E-state index contributed by atoms with van der Waals surface area (Å²) in [5.74, 6) is 0. The molecule has 1 atom stereocenters. The molecule has 0 aliphatic carbocycles. The maximum atomic E-state index is 11.8. The standard InChI is InChI=1S/C7H9F3N2S/c1-5(6-2-13-4-12-6)11-3-7(8,9)10/h2,4-5,11H,3H2,1H3. The quantitative estimate of drug-likeness (QED) is 0.828. The molecule has 1 unspecified atom stereocenters. The van der Waals surface area contributed by atoms with Crippen LogP contribution in [-0.4, -0.2) is 17.7 Å². The first-order valence-corrected chi connectivity index (χ1v) is 4.61. The second kappa shape index (κ2) is 4.06. The van der Waals surface area contributed by atoms with E-state index in [4.69, 9.17) is 0 Å². The number of hydrogen-bond acceptors (Lipinski definition) is 3. The fraction of sp³-hybridized carbons (Fsp3) is 0.571. The molecule has 0 amide bonds. The summed E-state index contributed by atoms with van der Waals surface area (Å²) in [6.45, 7) is 0.673. The third-order valence-corrected chi connectivity index (χ3v) is 2.11. The van der Waals surface area contributed by atoms with Gasteiger partial charge in [0.25, 0.3) is 0 Å². The van der Waals surface area contributed by atoms with Gasteiger partial charge in [-0.15, -0.1) is 11.3 Å². The summed E-state index contributed by atoms with van der Waals surface area (Å²) < 4.78 is 35.3. The first-order chi connectivity index (χ1) is 5.99. The molecule has 0 aromatic carbocycles. The van der Waals surface area contributed by atoms with Crippen LogP contribution in [-0.2, 0) is 0 Å². The van der Waals surface area contributed by atoms with Crippen molar-refractivity contribution in [3.63, 3.8) is 0 Å². The van der Waals surface area contributed by atoms with E-state index in [2.05, 4.69) is 10.3 Å². The topological polar surface area (TPSA) is 24.9 Å². The summed E-state index contributed by atoms with van der Waals surface area (Å²) >= 11 is 1.37. The highest BCUT2D eigenvalue weighted by Crippen LogP contribution is 2.16. The predicted octanol–water partition coefficient (Wildman–Crippen LogP) is 2.36. The van der Waals surface area contributed by atoms with Crippen molar-refractivity contribution >= 4 is 11.3 Å². The number of alkyl halides is 3. The van der Waals surface area contributed by atoms with Gasteiger partial charge in [0.2, 0.25) is 0 Å². The molecule has 0 aliphatic heterocycles. The summed E-state index contributed by atoms with van der Waals surface area (Å²) in [6.07, 6.45) is -4.16. The van der Waals surface area contributed by atoms with Crippen molar-refractivity contribution in [3.05, 3.63) is 16.6 Å². The number of nitrogens with one attached hydrogen (secondary N) is 1. The molecule has 0 bridgehead atoms. The van der Waals surface area contributed by atoms with Crippen LogP contribution in [0.1, 0.15) is 18.7 Å². The third-order valence-electron chi connectivity index (χ3n) is 1.50. The highest BCUT2D eigenvalue weighted by atomic mass is 32.1. The Morgan fingerprint density at radius 3 is 2.77 bits per heavy atom. The van der Waals surface area contributed by atoms with Gasteiger partial charge in [-0.3, -0.25) is 0 Å². The zero-order valence-corrected chi connectivity index (χ0v) is 7.75. The van der Waals surface area contributed by atoms with Crippen LogP contribution in [0.25, 0.3) is 0 Å². The van der Waals surface area contributed by atoms with E-state index < -0.39 is 12.7 Å². The molecule has 1 heterocycles. The van der Waals surface area contributed by atoms with Crippen molar-refractivity contribution in [1.29, 1.82) is 0 Å². The van der Waals surface area contributed by atoms with Gasteiger partial charge in [0.1, 0.15) is 0 Å². The average Bonchev–Trinajstić information content (AvgIpc) is 2.50. The van der Waals surface area contributed by atoms with Crippen molar-refractivity contribution in [2.24, 2.45) is 0 Å². The van der Waals surface area contributed by atoms with Gasteiger partial charge in [0.15, 0.2) is 0 Å². The highest BCUT2D eigenvalue weighted by molar-refractivity contribution is 7.07. The Balaban J connectivity index is 2.39. The number of halogens is 3. The van der Waals surface area contributed by atoms with E-state index in [9.17, 15) is 13.2 Å². The average molecular weight is 210 g/mol. The Bertz CT molecular complexity index is 245. The van der Waals surface area contributed by atoms with Crippen LogP contribution in [0.2, 0.25) is 0 Å². The van der Waals surface area contributed by atoms with Gasteiger partial charge >= 0.3 is 6.18 Å². The number of hydrogen-bond donors (Lipinski definition) is 1. The minimum absolute atomic E-state index is 0.354. The lowest BCUT2D eigenvalue weighted by atomic mass is 10.2. The lowest BCUT2D eigenvalue weighted by molar-refractivity contribution is -0.126. The summed E-state index contributed by atoms with van der Waals surface area (Å²) in [4.78, 5) is 3.91. The fourth-order valence-electron chi connectivity index (χ4n) is 0.809. The van der Waals surface area contributed by atoms with Crippen LogP contribution in [0, 0.1) is 0 Å². The van der Waals surface area contributed by atoms with Crippen molar-refractivity contribution in [2.75, 3.05) is 6.54 Å². The van der Waals surface area contributed by atoms with E-state index in [0.29, 0.717) is 5.69 Å². The van der Waals surface area contributed by atoms with Crippen molar-refractivity contribution in [1.82, 2.24) is 10.3 Å². The first-order valence-electron chi connectivity index (χ1n) is 3.67. The molecule has 0 radical (unpaired) electrons. The number of rotatable bonds is 3. The number of aromatic nitrogens is 1. The normalized spacial score (nSPS) is 14.5. The largest absolute Gasteiger partial charge is 0.401 e. The van der Waals surface area contributed by atoms with Crippen molar-refractivity contribution < 1.29 is 13.2 Å². The maximum absolute atomic E-state index is 11.8. The third kappa shape index (κ3) is 3.73. The Labute approximate surface area is 77.8 Å². The molecule has 1 aromatic rings. The second-order valence-electron chi connectivity index (χ2n) is 2.63. The number of nitrogens with zero attached hydrogens (tertiary/aromatic N) is 1. The van der Waals surface area contributed by atoms with Crippen LogP contribution in [0.15, 0.2) is 10.9 Å². The summed E-state index contributed by atoms with van der Waals surface area (Å²) in [5, 5.41) is 4.07. The van der Waals surface area contributed by atoms with E-state index in [1.807, 2.05) is 0 Å². The molecule has 1 rings (SSSR count). The smallest absolute Gasteiger partial charge is 0.301 e. The van der Waals surface area contributed by atoms with Crippen LogP contribution in [0.4, 0.5) is 13.2 Å². The highest BCUT2D eigenvalue weighted by Gasteiger charge is 2.27. The zero-order chi connectivity index (χ0) is 9.90. The zero-order valence-electron chi connectivity index (χ0n) is 6.93. The van der Waals surface area contributed by atoms with Crippen LogP contribution in [0.5, 0.6) is 0 Å². The molecule has 0 spiro atoms. The van der Waals surface area contributed by atoms with Gasteiger partial charge in [0, 0.05) is 11.4 Å². The molecular formula is C7H9F3N2S. The van der Waals surface area contributed by atoms with Crippen molar-refractivity contribution in [3.8, 4) is 0 Å². The van der Waals surface area contributed by atoms with Gasteiger partial charge in [-0.1, -0.05) is 0 Å². The molecule has 0 saturated heterocycles. The lowest BCUT2D eigenvalue weighted by Gasteiger charge is -2.12. The summed E-state index contributed by atoms with van der Waals surface area (Å²) in [6, 6.07) is -0.354. The fourth-order valence-corrected chi connectivity index (χ4v) is 1.46. The minimum Gasteiger partial charge on any atom is -0.301 e. The summed E-state index contributed by atoms with van der Waals surface area (Å²) in [7, 11) is 0. The van der Waals surface area contributed by atoms with Gasteiger partial charge < -0.3 is 5.32 Å². The van der Waals surface area contributed by atoms with Gasteiger partial charge in [-0.25, -0.2) is 4.98 Å². The van der Waals surface area contributed by atoms with Gasteiger partial charge in [0.05, 0.1) is 17.7 Å². The minimum atomic E-state index is -4.16. The van der Waals surface area contributed by atoms with E-state index in [1.165, 1.54) is 11.3 Å². The first kappa shape index (κ1) is 10.5. The van der Waals surface area contributed by atoms with Gasteiger partial charge in [-0.2, -0.15) is 13.2 Å². The lowest BCUT2D eigenvalue weighted by Crippen LogP contribution is -2.30. The van der Waals surface area contributed by atoms with Crippen LogP contribution >= 0.6 is 11.3 Å². The second-order valence-corrected chi connectivity index (χ2v) is 3.35. The molecule has 0 aliphatic rings. The Morgan fingerprint density at radius 2 is 2.31 bits per heavy atom. The van der Waals surface area contributed by atoms with Crippen LogP contribution < -0.4 is 5.32 Å². The van der Waals surface area contributed by atoms with E-state index in [0.717, 1.165) is 0 Å². The molecule has 1 N–H and O–H groups in total. The summed E-state index contributed by atoms with van der Waals surface area (Å²) in [5.41, 5.74) is 2.25. The van der Waals surface area contributed by atoms with Crippen molar-refractivity contribution in [2.45, 2.75) is 19.1 Å².